The Kier molecular flexibility index (Phi) is 8.57. The zero-order valence-electron chi connectivity index (χ0n) is 21.7. The van der Waals surface area contributed by atoms with Crippen molar-refractivity contribution in [3.05, 3.63) is 63.9 Å². The number of Topliss-reactive ketones (excluding diaryl/α,β-unsaturated/α-hetero) is 1. The number of nitrogens with one attached hydrogen (secondary N) is 1. The predicted octanol–water partition coefficient (Wildman–Crippen LogP) is 5.87. The molecule has 1 aliphatic carbocycles. The van der Waals surface area contributed by atoms with Crippen LogP contribution in [0.2, 0.25) is 0 Å². The maximum atomic E-state index is 13.6. The van der Waals surface area contributed by atoms with Gasteiger partial charge < -0.3 is 9.47 Å². The van der Waals surface area contributed by atoms with Gasteiger partial charge in [-0.3, -0.25) is 19.9 Å². The van der Waals surface area contributed by atoms with Gasteiger partial charge in [-0.25, -0.2) is 8.78 Å². The summed E-state index contributed by atoms with van der Waals surface area (Å²) in [5.74, 6) is 5.93. The molecule has 0 spiro atoms. The number of hydrogen-bond donors (Lipinski definition) is 1. The molecule has 2 aliphatic rings. The second-order valence-corrected chi connectivity index (χ2v) is 10.4. The van der Waals surface area contributed by atoms with Gasteiger partial charge in [0.15, 0.2) is 10.8 Å². The van der Waals surface area contributed by atoms with Crippen molar-refractivity contribution in [2.24, 2.45) is 5.92 Å². The van der Waals surface area contributed by atoms with Gasteiger partial charge in [-0.05, 0) is 55.4 Å². The second-order valence-electron chi connectivity index (χ2n) is 9.39. The Morgan fingerprint density at radius 2 is 2.05 bits per heavy atom. The van der Waals surface area contributed by atoms with Gasteiger partial charge in [-0.2, -0.15) is 0 Å². The van der Waals surface area contributed by atoms with Crippen LogP contribution in [0.1, 0.15) is 69.9 Å². The van der Waals surface area contributed by atoms with E-state index >= 15 is 0 Å². The number of rotatable bonds is 8. The molecule has 1 saturated carbocycles. The fourth-order valence-electron chi connectivity index (χ4n) is 4.19. The van der Waals surface area contributed by atoms with E-state index in [1.54, 1.807) is 6.07 Å². The molecule has 3 aromatic rings. The quantitative estimate of drug-likeness (QED) is 0.207. The maximum Gasteiger partial charge on any atom is 0.280 e. The molecule has 206 valence electrons. The number of pyridine rings is 1. The van der Waals surface area contributed by atoms with Crippen LogP contribution in [0.15, 0.2) is 42.1 Å². The lowest BCUT2D eigenvalue weighted by Crippen LogP contribution is -2.14. The molecule has 40 heavy (non-hydrogen) atoms. The Morgan fingerprint density at radius 3 is 2.83 bits per heavy atom. The third kappa shape index (κ3) is 6.76. The van der Waals surface area contributed by atoms with E-state index in [9.17, 15) is 18.4 Å². The molecule has 1 amide bonds. The molecule has 5 rings (SSSR count). The lowest BCUT2D eigenvalue weighted by atomic mass is 9.93. The largest absolute Gasteiger partial charge is 0.494 e. The van der Waals surface area contributed by atoms with Gasteiger partial charge in [0.2, 0.25) is 5.13 Å². The van der Waals surface area contributed by atoms with Gasteiger partial charge >= 0.3 is 0 Å². The summed E-state index contributed by atoms with van der Waals surface area (Å²) in [5.41, 5.74) is 1.44. The molecule has 1 aliphatic heterocycles. The fourth-order valence-corrected chi connectivity index (χ4v) is 4.79. The molecule has 0 bridgehead atoms. The van der Waals surface area contributed by atoms with Gasteiger partial charge in [0.25, 0.3) is 12.3 Å². The maximum absolute atomic E-state index is 13.6. The first-order valence-electron chi connectivity index (χ1n) is 12.8. The van der Waals surface area contributed by atoms with Crippen LogP contribution in [0, 0.1) is 17.8 Å². The van der Waals surface area contributed by atoms with E-state index < -0.39 is 18.0 Å². The highest BCUT2D eigenvalue weighted by molar-refractivity contribution is 7.15. The highest BCUT2D eigenvalue weighted by Crippen LogP contribution is 2.36. The summed E-state index contributed by atoms with van der Waals surface area (Å²) in [6.07, 6.45) is 4.09. The number of alkyl halides is 2. The van der Waals surface area contributed by atoms with E-state index in [1.807, 2.05) is 6.08 Å². The van der Waals surface area contributed by atoms with Gasteiger partial charge in [-0.1, -0.05) is 35.0 Å². The van der Waals surface area contributed by atoms with E-state index in [1.165, 1.54) is 31.5 Å². The van der Waals surface area contributed by atoms with Gasteiger partial charge in [0.1, 0.15) is 11.4 Å². The third-order valence-electron chi connectivity index (χ3n) is 6.46. The van der Waals surface area contributed by atoms with Crippen LogP contribution in [-0.4, -0.2) is 47.2 Å². The van der Waals surface area contributed by atoms with Crippen LogP contribution in [0.5, 0.6) is 5.75 Å². The number of ether oxygens (including phenoxy) is 2. The minimum Gasteiger partial charge on any atom is -0.494 e. The Morgan fingerprint density at radius 1 is 1.20 bits per heavy atom. The minimum absolute atomic E-state index is 0.143. The minimum atomic E-state index is -2.84. The van der Waals surface area contributed by atoms with Crippen molar-refractivity contribution in [3.8, 4) is 28.7 Å². The molecule has 0 saturated heterocycles. The summed E-state index contributed by atoms with van der Waals surface area (Å²) in [6.45, 7) is 1.16. The van der Waals surface area contributed by atoms with Crippen molar-refractivity contribution in [1.29, 1.82) is 0 Å². The number of carbonyl (C=O) groups is 2. The smallest absolute Gasteiger partial charge is 0.280 e. The van der Waals surface area contributed by atoms with Crippen LogP contribution in [0.3, 0.4) is 0 Å². The van der Waals surface area contributed by atoms with E-state index in [0.29, 0.717) is 36.1 Å². The summed E-state index contributed by atoms with van der Waals surface area (Å²) in [5, 5.41) is 11.5. The highest BCUT2D eigenvalue weighted by Gasteiger charge is 2.23. The number of anilines is 1. The summed E-state index contributed by atoms with van der Waals surface area (Å²) in [6, 6.07) is 5.76. The fraction of sp³-hybridized carbons (Fsp3) is 0.345. The van der Waals surface area contributed by atoms with Gasteiger partial charge in [0, 0.05) is 29.0 Å². The number of nitrogens with zero attached hydrogens (tertiary/aromatic N) is 3. The Labute approximate surface area is 233 Å². The lowest BCUT2D eigenvalue weighted by Gasteiger charge is -2.15. The summed E-state index contributed by atoms with van der Waals surface area (Å²) < 4.78 is 38.0. The van der Waals surface area contributed by atoms with Crippen LogP contribution in [0.25, 0.3) is 11.1 Å². The Hall–Kier alpha value is -4.01. The van der Waals surface area contributed by atoms with Crippen molar-refractivity contribution < 1.29 is 27.8 Å². The van der Waals surface area contributed by atoms with E-state index in [2.05, 4.69) is 32.3 Å². The third-order valence-corrected chi connectivity index (χ3v) is 7.22. The number of ketones is 1. The molecule has 8 nitrogen and oxygen atoms in total. The predicted molar refractivity (Wildman–Crippen MR) is 146 cm³/mol. The second kappa shape index (κ2) is 12.4. The molecule has 1 N–H and O–H groups in total. The molecular weight excluding hydrogens is 538 g/mol. The highest BCUT2D eigenvalue weighted by atomic mass is 32.1. The SMILES string of the molecule is COc1cnc(C(F)F)cc1-c1cc(C(=O)CC2=CCCOCC2)ccc1C(=O)Nc1nnc(C#CC2CC2)s1. The molecular formula is C29H26F2N4O4S. The van der Waals surface area contributed by atoms with Crippen molar-refractivity contribution in [1.82, 2.24) is 15.2 Å². The average Bonchev–Trinajstić information content (AvgIpc) is 3.74. The van der Waals surface area contributed by atoms with Crippen molar-refractivity contribution in [3.63, 3.8) is 0 Å². The van der Waals surface area contributed by atoms with Crippen molar-refractivity contribution >= 4 is 28.2 Å². The molecule has 0 radical (unpaired) electrons. The Bertz CT molecular complexity index is 1520. The normalized spacial score (nSPS) is 15.1. The number of halogens is 2. The van der Waals surface area contributed by atoms with Crippen LogP contribution in [-0.2, 0) is 4.74 Å². The number of methoxy groups -OCH3 is 1. The Balaban J connectivity index is 1.49. The average molecular weight is 565 g/mol. The van der Waals surface area contributed by atoms with Crippen LogP contribution in [0.4, 0.5) is 13.9 Å². The molecule has 11 heteroatoms. The standard InChI is InChI=1S/C29H26F2N4O4S/c1-38-25-16-32-23(27(30)31)15-22(25)21-14-19(24(36)13-18-3-2-11-39-12-10-18)7-8-20(21)28(37)33-29-35-34-26(40-29)9-6-17-4-5-17/h3,7-8,14-17,27H,2,4-5,10-13H2,1H3,(H,33,35,37). The molecule has 1 fully saturated rings. The monoisotopic (exact) mass is 564 g/mol. The summed E-state index contributed by atoms with van der Waals surface area (Å²) >= 11 is 1.14. The molecule has 0 atom stereocenters. The number of hydrogen-bond acceptors (Lipinski definition) is 8. The number of carbonyl (C=O) groups excluding carboxylic acids is 2. The van der Waals surface area contributed by atoms with Crippen molar-refractivity contribution in [2.75, 3.05) is 25.6 Å². The zero-order valence-corrected chi connectivity index (χ0v) is 22.5. The number of amides is 1. The molecule has 3 heterocycles. The topological polar surface area (TPSA) is 103 Å². The molecule has 1 aromatic carbocycles. The summed E-state index contributed by atoms with van der Waals surface area (Å²) in [7, 11) is 1.38. The van der Waals surface area contributed by atoms with Crippen LogP contribution < -0.4 is 10.1 Å². The zero-order chi connectivity index (χ0) is 28.1. The first kappa shape index (κ1) is 27.6. The number of benzene rings is 1. The molecule has 0 unspecified atom stereocenters. The first-order valence-corrected chi connectivity index (χ1v) is 13.6. The van der Waals surface area contributed by atoms with Gasteiger partial charge in [0.05, 0.1) is 26.5 Å². The van der Waals surface area contributed by atoms with Crippen LogP contribution >= 0.6 is 11.3 Å². The van der Waals surface area contributed by atoms with E-state index in [-0.39, 0.29) is 39.8 Å². The first-order chi connectivity index (χ1) is 19.4. The van der Waals surface area contributed by atoms with E-state index in [0.717, 1.165) is 36.2 Å². The molecule has 2 aromatic heterocycles. The number of aromatic nitrogens is 3. The summed E-state index contributed by atoms with van der Waals surface area (Å²) in [4.78, 5) is 30.4. The lowest BCUT2D eigenvalue weighted by molar-refractivity contribution is 0.0986. The van der Waals surface area contributed by atoms with E-state index in [4.69, 9.17) is 9.47 Å². The van der Waals surface area contributed by atoms with Gasteiger partial charge in [-0.15, -0.1) is 10.2 Å². The van der Waals surface area contributed by atoms with Crippen molar-refractivity contribution in [2.45, 2.75) is 38.5 Å².